The third-order valence-electron chi connectivity index (χ3n) is 6.08. The highest BCUT2D eigenvalue weighted by Crippen LogP contribution is 2.27. The number of ether oxygens (including phenoxy) is 3. The van der Waals surface area contributed by atoms with Gasteiger partial charge in [-0.2, -0.15) is 0 Å². The van der Waals surface area contributed by atoms with Crippen LogP contribution in [0, 0.1) is 30.3 Å². The summed E-state index contributed by atoms with van der Waals surface area (Å²) in [7, 11) is 1.00. The minimum absolute atomic E-state index is 0. The third-order valence-corrected chi connectivity index (χ3v) is 6.08. The van der Waals surface area contributed by atoms with Gasteiger partial charge in [0.2, 0.25) is 6.33 Å². The van der Waals surface area contributed by atoms with Crippen molar-refractivity contribution >= 4 is 23.1 Å². The van der Waals surface area contributed by atoms with E-state index >= 15 is 0 Å². The zero-order chi connectivity index (χ0) is 46.1. The van der Waals surface area contributed by atoms with E-state index in [1.807, 2.05) is 0 Å². The number of anilines is 2. The maximum Gasteiger partial charge on any atom is 0.573 e. The Bertz CT molecular complexity index is 2330. The number of hydrogen-bond acceptors (Lipinski definition) is 15. The molecule has 0 spiro atoms. The number of halogens is 9. The molecule has 6 aromatic rings. The Morgan fingerprint density at radius 3 is 1.32 bits per heavy atom. The number of alkyl halides is 9. The topological polar surface area (TPSA) is 283 Å². The monoisotopic (exact) mass is 901 g/mol. The second-order valence-corrected chi connectivity index (χ2v) is 10.4. The first-order valence-corrected chi connectivity index (χ1v) is 15.5. The van der Waals surface area contributed by atoms with E-state index in [0.29, 0.717) is 10.4 Å². The Kier molecular flexibility index (Phi) is 19.1. The van der Waals surface area contributed by atoms with E-state index in [1.165, 1.54) is 70.2 Å². The van der Waals surface area contributed by atoms with Crippen LogP contribution in [-0.2, 0) is 0 Å². The molecular weight excluding hydrogens is 869 g/mol. The Morgan fingerprint density at radius 1 is 0.597 bits per heavy atom. The summed E-state index contributed by atoms with van der Waals surface area (Å²) >= 11 is 0. The predicted molar refractivity (Wildman–Crippen MR) is 197 cm³/mol. The first-order chi connectivity index (χ1) is 28.4. The molecule has 0 saturated carbocycles. The van der Waals surface area contributed by atoms with Crippen LogP contribution in [0.5, 0.6) is 17.2 Å². The number of nitrogens with two attached hydrogens (primary N) is 2. The summed E-state index contributed by atoms with van der Waals surface area (Å²) < 4.78 is 121. The Balaban J connectivity index is 0.000000812. The second kappa shape index (κ2) is 22.8. The van der Waals surface area contributed by atoms with Crippen LogP contribution in [0.1, 0.15) is 8.85 Å². The quantitative estimate of drug-likeness (QED) is 0.0576. The summed E-state index contributed by atoms with van der Waals surface area (Å²) in [5.74, 6) is -1.66. The molecule has 0 atom stereocenters. The van der Waals surface area contributed by atoms with Gasteiger partial charge in [-0.3, -0.25) is 4.57 Å². The van der Waals surface area contributed by atoms with Gasteiger partial charge in [-0.1, -0.05) is 25.6 Å². The number of rotatable bonds is 8. The molecular formula is C32H32F9N11O10. The van der Waals surface area contributed by atoms with Gasteiger partial charge in [0.1, 0.15) is 35.6 Å². The van der Waals surface area contributed by atoms with Crippen molar-refractivity contribution in [2.45, 2.75) is 26.5 Å². The summed E-state index contributed by atoms with van der Waals surface area (Å²) in [4.78, 5) is 39.3. The standard InChI is InChI=1S/C10H6F3N3O3.C10H8F3N3O.C7H6F3NO.C3H2N4O4.CH4O.CH4.H2/c11-10(12,13)19-8-3-1-2-7(4-8)15-5-9(14-6-15)16(17)18;11-10(12,13)17-8-3-1-2-7(4-8)16-5-9(14)15-6-16;8-7(9,10)12-6-3-1-2-5(11)4-6;8-6(9)3-1-5(2-4-3)7(10)11;1-2;;/h1-6H;1-6H,14H2;1-4H,11H2;1-2H;2H,1H3;1H4;1H. The molecule has 0 radical (unpaired) electrons. The number of benzene rings is 3. The van der Waals surface area contributed by atoms with Gasteiger partial charge in [0, 0.05) is 32.4 Å². The Labute approximate surface area is 341 Å². The zero-order valence-corrected chi connectivity index (χ0v) is 30.1. The number of nitrogens with zero attached hydrogens (tertiary/aromatic N) is 9. The van der Waals surface area contributed by atoms with E-state index in [1.54, 1.807) is 6.07 Å². The summed E-state index contributed by atoms with van der Waals surface area (Å²) in [5.41, 5.74) is 11.6. The van der Waals surface area contributed by atoms with Gasteiger partial charge in [-0.15, -0.1) is 39.5 Å². The molecule has 0 amide bonds. The van der Waals surface area contributed by atoms with E-state index in [9.17, 15) is 69.9 Å². The number of aliphatic hydroxyl groups excluding tert-OH is 1. The van der Waals surface area contributed by atoms with Gasteiger partial charge < -0.3 is 55.6 Å². The molecule has 5 N–H and O–H groups in total. The summed E-state index contributed by atoms with van der Waals surface area (Å²) in [6.45, 7) is 0. The van der Waals surface area contributed by atoms with Crippen LogP contribution in [0.4, 0.5) is 62.7 Å². The maximum atomic E-state index is 12.1. The zero-order valence-electron chi connectivity index (χ0n) is 30.1. The van der Waals surface area contributed by atoms with Crippen LogP contribution in [0.3, 0.4) is 0 Å². The van der Waals surface area contributed by atoms with Crippen LogP contribution in [-0.4, -0.2) is 74.9 Å². The molecule has 0 saturated heterocycles. The molecule has 0 bridgehead atoms. The van der Waals surface area contributed by atoms with Gasteiger partial charge in [0.15, 0.2) is 11.2 Å². The van der Waals surface area contributed by atoms with E-state index in [2.05, 4.69) is 29.2 Å². The first-order valence-electron chi connectivity index (χ1n) is 15.5. The van der Waals surface area contributed by atoms with E-state index in [4.69, 9.17) is 16.6 Å². The number of aliphatic hydroxyl groups is 1. The lowest BCUT2D eigenvalue weighted by Gasteiger charge is -2.10. The highest BCUT2D eigenvalue weighted by atomic mass is 19.4. The molecule has 3 aromatic carbocycles. The summed E-state index contributed by atoms with van der Waals surface area (Å²) in [5, 5.41) is 36.5. The number of nitro groups is 3. The molecule has 0 aliphatic heterocycles. The molecule has 0 aliphatic rings. The van der Waals surface area contributed by atoms with Crippen LogP contribution < -0.4 is 25.7 Å². The number of aromatic nitrogens is 6. The molecule has 0 unspecified atom stereocenters. The van der Waals surface area contributed by atoms with E-state index in [0.717, 1.165) is 50.4 Å². The van der Waals surface area contributed by atoms with Gasteiger partial charge in [-0.05, 0) is 60.9 Å². The molecule has 30 heteroatoms. The number of hydrogen-bond donors (Lipinski definition) is 3. The van der Waals surface area contributed by atoms with Crippen LogP contribution in [0.15, 0.2) is 110 Å². The van der Waals surface area contributed by atoms with Crippen molar-refractivity contribution in [1.82, 2.24) is 28.8 Å². The van der Waals surface area contributed by atoms with Crippen molar-refractivity contribution in [3.8, 4) is 28.6 Å². The largest absolute Gasteiger partial charge is 0.573 e. The van der Waals surface area contributed by atoms with Crippen molar-refractivity contribution in [2.24, 2.45) is 0 Å². The number of imidazole rings is 3. The van der Waals surface area contributed by atoms with Crippen molar-refractivity contribution < 1.29 is 75.1 Å². The lowest BCUT2D eigenvalue weighted by Crippen LogP contribution is -2.17. The molecule has 3 heterocycles. The fraction of sp³-hybridized carbons (Fsp3) is 0.156. The Morgan fingerprint density at radius 2 is 0.984 bits per heavy atom. The van der Waals surface area contributed by atoms with Gasteiger partial charge in [-0.25, -0.2) is 15.1 Å². The molecule has 3 aromatic heterocycles. The van der Waals surface area contributed by atoms with Crippen molar-refractivity contribution in [3.05, 3.63) is 141 Å². The average molecular weight is 902 g/mol. The fourth-order valence-corrected chi connectivity index (χ4v) is 3.91. The van der Waals surface area contributed by atoms with Crippen LogP contribution >= 0.6 is 0 Å². The van der Waals surface area contributed by atoms with Crippen LogP contribution in [0.2, 0.25) is 0 Å². The van der Waals surface area contributed by atoms with Crippen LogP contribution in [0.25, 0.3) is 11.4 Å². The molecule has 0 fully saturated rings. The number of nitrogen functional groups attached to an aromatic ring is 2. The SMILES string of the molecule is C.CO.Nc1cccc(OC(F)(F)F)c1.Nc1cn(-c2cccc(OC(F)(F)F)c2)cn1.O=[N+]([O-])c1cn(-c2cccc(OC(F)(F)F)c2)cn1.O=[N+]([O-])c1cn([N+](=O)[O-])cn1.[HH]. The third kappa shape index (κ3) is 19.0. The lowest BCUT2D eigenvalue weighted by molar-refractivity contribution is -0.542. The summed E-state index contributed by atoms with van der Waals surface area (Å²) in [6, 6.07) is 15.7. The van der Waals surface area contributed by atoms with E-state index in [-0.39, 0.29) is 37.5 Å². The van der Waals surface area contributed by atoms with Gasteiger partial charge >= 0.3 is 30.7 Å². The van der Waals surface area contributed by atoms with Gasteiger partial charge in [0.05, 0.1) is 17.6 Å². The second-order valence-electron chi connectivity index (χ2n) is 10.4. The maximum absolute atomic E-state index is 12.1. The molecule has 62 heavy (non-hydrogen) atoms. The predicted octanol–water partition coefficient (Wildman–Crippen LogP) is 7.52. The molecule has 6 rings (SSSR count). The lowest BCUT2D eigenvalue weighted by atomic mass is 10.3. The van der Waals surface area contributed by atoms with Crippen molar-refractivity contribution in [3.63, 3.8) is 0 Å². The van der Waals surface area contributed by atoms with E-state index < -0.39 is 51.4 Å². The van der Waals surface area contributed by atoms with Crippen molar-refractivity contribution in [2.75, 3.05) is 18.6 Å². The molecule has 0 aliphatic carbocycles. The smallest absolute Gasteiger partial charge is 0.406 e. The van der Waals surface area contributed by atoms with Crippen molar-refractivity contribution in [1.29, 1.82) is 0 Å². The fourth-order valence-electron chi connectivity index (χ4n) is 3.91. The molecule has 338 valence electrons. The first kappa shape index (κ1) is 51.8. The van der Waals surface area contributed by atoms with Gasteiger partial charge in [0.25, 0.3) is 6.33 Å². The minimum Gasteiger partial charge on any atom is -0.406 e. The summed E-state index contributed by atoms with van der Waals surface area (Å²) in [6.07, 6.45) is -7.55. The normalized spacial score (nSPS) is 10.6. The minimum atomic E-state index is -4.79. The average Bonchev–Trinajstić information content (AvgIpc) is 3.94. The highest BCUT2D eigenvalue weighted by Gasteiger charge is 2.32. The Hall–Kier alpha value is -8.18. The highest BCUT2D eigenvalue weighted by molar-refractivity contribution is 5.44. The molecule has 21 nitrogen and oxygen atoms in total.